The number of halogens is 3. The second-order valence-electron chi connectivity index (χ2n) is 7.96. The zero-order valence-electron chi connectivity index (χ0n) is 19.4. The minimum absolute atomic E-state index is 0.0909. The van der Waals surface area contributed by atoms with Crippen molar-refractivity contribution in [2.45, 2.75) is 39.6 Å². The Balaban J connectivity index is 1.45. The number of H-pyrrole nitrogens is 1. The molecule has 36 heavy (non-hydrogen) atoms. The van der Waals surface area contributed by atoms with Crippen LogP contribution in [0.2, 0.25) is 0 Å². The van der Waals surface area contributed by atoms with Gasteiger partial charge in [0, 0.05) is 5.56 Å². The molecule has 0 radical (unpaired) electrons. The van der Waals surface area contributed by atoms with Gasteiger partial charge in [-0.15, -0.1) is 4.74 Å². The number of alkyl halides is 3. The van der Waals surface area contributed by atoms with E-state index in [1.807, 2.05) is 24.1 Å². The highest BCUT2D eigenvalue weighted by Gasteiger charge is 2.30. The quantitative estimate of drug-likeness (QED) is 0.357. The highest BCUT2D eigenvalue weighted by molar-refractivity contribution is 5.55. The van der Waals surface area contributed by atoms with Crippen LogP contribution in [0.5, 0.6) is 5.75 Å². The standard InChI is InChI=1S/C25H22F3N3O5/c1-3-16(13-31-23(32)30-24(33)36-31)11-17-5-4-6-20(12-17)34-14-21-15(2)35-22(29-21)18-7-9-19(10-8-18)25(26,27)28/h4-12H,3,13-14H2,1-2H3,(H,30,32,33)/b16-11+. The van der Waals surface area contributed by atoms with Gasteiger partial charge in [-0.1, -0.05) is 25.1 Å². The summed E-state index contributed by atoms with van der Waals surface area (Å²) in [5.74, 6) is 0.446. The number of ether oxygens (including phenoxy) is 1. The molecule has 0 aliphatic heterocycles. The Labute approximate surface area is 202 Å². The molecule has 0 fully saturated rings. The Morgan fingerprint density at radius 2 is 1.92 bits per heavy atom. The Hall–Kier alpha value is -4.28. The molecule has 0 saturated carbocycles. The molecule has 4 rings (SSSR count). The smallest absolute Gasteiger partial charge is 0.440 e. The van der Waals surface area contributed by atoms with E-state index in [-0.39, 0.29) is 19.0 Å². The zero-order chi connectivity index (χ0) is 25.9. The van der Waals surface area contributed by atoms with Crippen molar-refractivity contribution in [1.82, 2.24) is 14.7 Å². The van der Waals surface area contributed by atoms with Gasteiger partial charge in [0.15, 0.2) is 0 Å². The number of nitrogens with zero attached hydrogens (tertiary/aromatic N) is 2. The summed E-state index contributed by atoms with van der Waals surface area (Å²) in [6, 6.07) is 11.8. The molecular formula is C25H22F3N3O5. The van der Waals surface area contributed by atoms with Gasteiger partial charge in [-0.25, -0.2) is 19.6 Å². The number of hydrogen-bond donors (Lipinski definition) is 1. The maximum atomic E-state index is 12.8. The van der Waals surface area contributed by atoms with Gasteiger partial charge < -0.3 is 13.7 Å². The lowest BCUT2D eigenvalue weighted by Gasteiger charge is -2.07. The van der Waals surface area contributed by atoms with Crippen LogP contribution in [0.15, 0.2) is 72.6 Å². The lowest BCUT2D eigenvalue weighted by molar-refractivity contribution is -0.137. The second kappa shape index (κ2) is 10.1. The van der Waals surface area contributed by atoms with Crippen LogP contribution in [0.4, 0.5) is 13.2 Å². The van der Waals surface area contributed by atoms with Crippen molar-refractivity contribution in [3.63, 3.8) is 0 Å². The predicted octanol–water partition coefficient (Wildman–Crippen LogP) is 5.18. The number of aromatic amines is 1. The van der Waals surface area contributed by atoms with E-state index in [0.717, 1.165) is 28.0 Å². The molecule has 1 N–H and O–H groups in total. The maximum absolute atomic E-state index is 12.8. The summed E-state index contributed by atoms with van der Waals surface area (Å²) in [6.45, 7) is 3.84. The number of hydrogen-bond acceptors (Lipinski definition) is 6. The third-order valence-electron chi connectivity index (χ3n) is 5.39. The fraction of sp³-hybridized carbons (Fsp3) is 0.240. The molecule has 11 heteroatoms. The number of aryl methyl sites for hydroxylation is 1. The van der Waals surface area contributed by atoms with Crippen molar-refractivity contribution in [3.8, 4) is 17.2 Å². The molecule has 0 amide bonds. The van der Waals surface area contributed by atoms with Crippen LogP contribution in [0.25, 0.3) is 17.5 Å². The lowest BCUT2D eigenvalue weighted by Crippen LogP contribution is -2.17. The second-order valence-corrected chi connectivity index (χ2v) is 7.96. The van der Waals surface area contributed by atoms with Gasteiger partial charge in [-0.3, -0.25) is 0 Å². The Kier molecular flexibility index (Phi) is 7.00. The van der Waals surface area contributed by atoms with Crippen LogP contribution in [0, 0.1) is 6.92 Å². The molecule has 2 aromatic carbocycles. The first-order valence-electron chi connectivity index (χ1n) is 11.0. The number of benzene rings is 2. The van der Waals surface area contributed by atoms with E-state index in [2.05, 4.69) is 4.98 Å². The highest BCUT2D eigenvalue weighted by atomic mass is 19.4. The molecule has 0 bridgehead atoms. The normalized spacial score (nSPS) is 12.2. The number of aromatic nitrogens is 3. The summed E-state index contributed by atoms with van der Waals surface area (Å²) in [5.41, 5.74) is 1.25. The van der Waals surface area contributed by atoms with Crippen LogP contribution in [0.1, 0.15) is 35.9 Å². The summed E-state index contributed by atoms with van der Waals surface area (Å²) in [6.07, 6.45) is -1.92. The molecule has 0 aliphatic rings. The Morgan fingerprint density at radius 1 is 1.17 bits per heavy atom. The van der Waals surface area contributed by atoms with E-state index in [1.54, 1.807) is 25.1 Å². The average Bonchev–Trinajstić information content (AvgIpc) is 3.37. The largest absolute Gasteiger partial charge is 0.487 e. The molecule has 0 spiro atoms. The van der Waals surface area contributed by atoms with Gasteiger partial charge in [0.1, 0.15) is 23.8 Å². The van der Waals surface area contributed by atoms with Crippen molar-refractivity contribution >= 4 is 6.08 Å². The summed E-state index contributed by atoms with van der Waals surface area (Å²) < 4.78 is 55.7. The van der Waals surface area contributed by atoms with E-state index < -0.39 is 23.2 Å². The minimum atomic E-state index is -4.42. The Bertz CT molecular complexity index is 1490. The monoisotopic (exact) mass is 501 g/mol. The summed E-state index contributed by atoms with van der Waals surface area (Å²) in [4.78, 5) is 29.3. The zero-order valence-corrected chi connectivity index (χ0v) is 19.4. The molecule has 188 valence electrons. The lowest BCUT2D eigenvalue weighted by atomic mass is 10.1. The molecule has 2 aromatic heterocycles. The molecule has 0 unspecified atom stereocenters. The van der Waals surface area contributed by atoms with E-state index in [9.17, 15) is 22.8 Å². The van der Waals surface area contributed by atoms with Gasteiger partial charge in [-0.05, 0) is 60.9 Å². The Morgan fingerprint density at radius 3 is 2.56 bits per heavy atom. The number of allylic oxidation sites excluding steroid dienone is 1. The van der Waals surface area contributed by atoms with Crippen molar-refractivity contribution in [3.05, 3.63) is 97.7 Å². The molecule has 4 aromatic rings. The van der Waals surface area contributed by atoms with E-state index in [4.69, 9.17) is 13.7 Å². The van der Waals surface area contributed by atoms with E-state index >= 15 is 0 Å². The number of nitrogens with one attached hydrogen (secondary N) is 1. The molecule has 0 atom stereocenters. The van der Waals surface area contributed by atoms with Crippen LogP contribution in [-0.2, 0) is 19.3 Å². The van der Waals surface area contributed by atoms with Crippen molar-refractivity contribution in [2.24, 2.45) is 0 Å². The van der Waals surface area contributed by atoms with Crippen molar-refractivity contribution in [1.29, 1.82) is 0 Å². The fourth-order valence-electron chi connectivity index (χ4n) is 3.43. The van der Waals surface area contributed by atoms with Crippen molar-refractivity contribution in [2.75, 3.05) is 0 Å². The first-order valence-corrected chi connectivity index (χ1v) is 11.0. The first kappa shape index (κ1) is 24.8. The van der Waals surface area contributed by atoms with Gasteiger partial charge in [0.2, 0.25) is 5.89 Å². The highest BCUT2D eigenvalue weighted by Crippen LogP contribution is 2.31. The van der Waals surface area contributed by atoms with E-state index in [0.29, 0.717) is 29.2 Å². The molecule has 0 aliphatic carbocycles. The van der Waals surface area contributed by atoms with Crippen LogP contribution >= 0.6 is 0 Å². The molecule has 0 saturated heterocycles. The molecule has 8 nitrogen and oxygen atoms in total. The van der Waals surface area contributed by atoms with Gasteiger partial charge in [-0.2, -0.15) is 13.2 Å². The molecule has 2 heterocycles. The first-order chi connectivity index (χ1) is 17.1. The maximum Gasteiger partial charge on any atom is 0.440 e. The average molecular weight is 501 g/mol. The van der Waals surface area contributed by atoms with E-state index in [1.165, 1.54) is 12.1 Å². The van der Waals surface area contributed by atoms with Crippen LogP contribution in [-0.4, -0.2) is 14.7 Å². The number of oxazole rings is 1. The minimum Gasteiger partial charge on any atom is -0.487 e. The number of rotatable bonds is 8. The summed E-state index contributed by atoms with van der Waals surface area (Å²) in [5, 5.41) is 0. The van der Waals surface area contributed by atoms with Gasteiger partial charge in [0.05, 0.1) is 12.1 Å². The van der Waals surface area contributed by atoms with Crippen molar-refractivity contribution < 1.29 is 26.8 Å². The topological polar surface area (TPSA) is 103 Å². The van der Waals surface area contributed by atoms with Gasteiger partial charge >= 0.3 is 17.6 Å². The molecular weight excluding hydrogens is 479 g/mol. The predicted molar refractivity (Wildman–Crippen MR) is 124 cm³/mol. The third-order valence-corrected chi connectivity index (χ3v) is 5.39. The van der Waals surface area contributed by atoms with Gasteiger partial charge in [0.25, 0.3) is 0 Å². The third kappa shape index (κ3) is 5.85. The van der Waals surface area contributed by atoms with Crippen LogP contribution in [0.3, 0.4) is 0 Å². The summed E-state index contributed by atoms with van der Waals surface area (Å²) in [7, 11) is 0. The van der Waals surface area contributed by atoms with Crippen LogP contribution < -0.4 is 16.2 Å². The summed E-state index contributed by atoms with van der Waals surface area (Å²) >= 11 is 0. The fourth-order valence-corrected chi connectivity index (χ4v) is 3.43. The SMILES string of the molecule is CC/C(=C\c1cccc(OCc2nc(-c3ccc(C(F)(F)F)cc3)oc2C)c1)Cn1oc(=O)[nH]c1=O.